The number of benzene rings is 1. The van der Waals surface area contributed by atoms with Crippen LogP contribution in [0.15, 0.2) is 24.3 Å². The molecule has 0 aliphatic heterocycles. The van der Waals surface area contributed by atoms with Gasteiger partial charge in [-0.15, -0.1) is 0 Å². The number of rotatable bonds is 10. The summed E-state index contributed by atoms with van der Waals surface area (Å²) >= 11 is 0. The van der Waals surface area contributed by atoms with Gasteiger partial charge in [0.25, 0.3) is 0 Å². The summed E-state index contributed by atoms with van der Waals surface area (Å²) in [6.45, 7) is 7.47. The molecule has 1 aromatic rings. The van der Waals surface area contributed by atoms with Gasteiger partial charge >= 0.3 is 0 Å². The summed E-state index contributed by atoms with van der Waals surface area (Å²) < 4.78 is 5.21. The fourth-order valence-corrected chi connectivity index (χ4v) is 2.53. The number of hydrogen-bond donors (Lipinski definition) is 1. The Morgan fingerprint density at radius 3 is 2.67 bits per heavy atom. The average Bonchev–Trinajstić information content (AvgIpc) is 2.53. The maximum absolute atomic E-state index is 8.88. The molecule has 21 heavy (non-hydrogen) atoms. The summed E-state index contributed by atoms with van der Waals surface area (Å²) in [5, 5.41) is 12.4. The number of nitriles is 1. The fourth-order valence-electron chi connectivity index (χ4n) is 2.53. The van der Waals surface area contributed by atoms with Crippen LogP contribution in [0.1, 0.15) is 38.3 Å². The standard InChI is InChI=1S/C17H27N3O/c1-4-16(19-5-2)15-9-6-7-10-17(15)20(12-8-11-18)13-14-21-3/h6-7,9-10,16,19H,4-5,8,12-14H2,1-3H3. The first kappa shape index (κ1) is 17.5. The number of anilines is 1. The van der Waals surface area contributed by atoms with E-state index in [1.165, 1.54) is 11.3 Å². The van der Waals surface area contributed by atoms with Gasteiger partial charge in [-0.25, -0.2) is 0 Å². The highest BCUT2D eigenvalue weighted by molar-refractivity contribution is 5.55. The minimum absolute atomic E-state index is 0.346. The highest BCUT2D eigenvalue weighted by Crippen LogP contribution is 2.28. The summed E-state index contributed by atoms with van der Waals surface area (Å²) in [5.41, 5.74) is 2.51. The first-order valence-corrected chi connectivity index (χ1v) is 7.71. The van der Waals surface area contributed by atoms with Crippen LogP contribution in [-0.2, 0) is 4.74 Å². The minimum Gasteiger partial charge on any atom is -0.383 e. The SMILES string of the molecule is CCNC(CC)c1ccccc1N(CCC#N)CCOC. The van der Waals surface area contributed by atoms with Crippen molar-refractivity contribution in [1.29, 1.82) is 5.26 Å². The summed E-state index contributed by atoms with van der Waals surface area (Å²) in [6.07, 6.45) is 1.57. The van der Waals surface area contributed by atoms with Crippen molar-refractivity contribution < 1.29 is 4.74 Å². The quantitative estimate of drug-likeness (QED) is 0.719. The van der Waals surface area contributed by atoms with E-state index in [0.717, 1.165) is 26.1 Å². The zero-order chi connectivity index (χ0) is 15.5. The topological polar surface area (TPSA) is 48.3 Å². The van der Waals surface area contributed by atoms with E-state index in [1.807, 2.05) is 0 Å². The van der Waals surface area contributed by atoms with E-state index < -0.39 is 0 Å². The molecule has 1 atom stereocenters. The second kappa shape index (κ2) is 10.2. The smallest absolute Gasteiger partial charge is 0.0640 e. The number of methoxy groups -OCH3 is 1. The molecule has 0 saturated carbocycles. The van der Waals surface area contributed by atoms with Gasteiger partial charge in [-0.1, -0.05) is 32.0 Å². The number of nitrogens with zero attached hydrogens (tertiary/aromatic N) is 2. The lowest BCUT2D eigenvalue weighted by molar-refractivity contribution is 0.205. The van der Waals surface area contributed by atoms with E-state index in [0.29, 0.717) is 19.1 Å². The molecule has 0 aliphatic carbocycles. The second-order valence-corrected chi connectivity index (χ2v) is 4.97. The molecule has 0 heterocycles. The van der Waals surface area contributed by atoms with Crippen LogP contribution in [0.25, 0.3) is 0 Å². The third-order valence-corrected chi connectivity index (χ3v) is 3.57. The summed E-state index contributed by atoms with van der Waals surface area (Å²) in [5.74, 6) is 0. The molecule has 4 heteroatoms. The van der Waals surface area contributed by atoms with Crippen LogP contribution >= 0.6 is 0 Å². The van der Waals surface area contributed by atoms with Gasteiger partial charge in [0, 0.05) is 31.9 Å². The van der Waals surface area contributed by atoms with Crippen LogP contribution in [0.3, 0.4) is 0 Å². The normalized spacial score (nSPS) is 11.9. The summed E-state index contributed by atoms with van der Waals surface area (Å²) in [6, 6.07) is 11.0. The monoisotopic (exact) mass is 289 g/mol. The third kappa shape index (κ3) is 5.37. The van der Waals surface area contributed by atoms with Gasteiger partial charge in [0.2, 0.25) is 0 Å². The fraction of sp³-hybridized carbons (Fsp3) is 0.588. The lowest BCUT2D eigenvalue weighted by atomic mass is 10.0. The van der Waals surface area contributed by atoms with E-state index in [2.05, 4.69) is 54.4 Å². The lowest BCUT2D eigenvalue weighted by Gasteiger charge is -2.29. The van der Waals surface area contributed by atoms with Gasteiger partial charge in [-0.2, -0.15) is 5.26 Å². The number of para-hydroxylation sites is 1. The van der Waals surface area contributed by atoms with Crippen LogP contribution < -0.4 is 10.2 Å². The van der Waals surface area contributed by atoms with Crippen LogP contribution in [0.4, 0.5) is 5.69 Å². The van der Waals surface area contributed by atoms with E-state index in [1.54, 1.807) is 7.11 Å². The second-order valence-electron chi connectivity index (χ2n) is 4.97. The van der Waals surface area contributed by atoms with Crippen molar-refractivity contribution in [2.75, 3.05) is 38.3 Å². The van der Waals surface area contributed by atoms with Crippen molar-refractivity contribution in [1.82, 2.24) is 5.32 Å². The van der Waals surface area contributed by atoms with Crippen LogP contribution in [-0.4, -0.2) is 33.4 Å². The molecule has 1 rings (SSSR count). The van der Waals surface area contributed by atoms with Crippen molar-refractivity contribution in [2.45, 2.75) is 32.7 Å². The predicted octanol–water partition coefficient (Wildman–Crippen LogP) is 3.11. The first-order valence-electron chi connectivity index (χ1n) is 7.71. The molecular formula is C17H27N3O. The summed E-state index contributed by atoms with van der Waals surface area (Å²) in [7, 11) is 1.71. The van der Waals surface area contributed by atoms with Crippen LogP contribution in [0.2, 0.25) is 0 Å². The van der Waals surface area contributed by atoms with Gasteiger partial charge < -0.3 is 15.0 Å². The number of nitrogens with one attached hydrogen (secondary N) is 1. The largest absolute Gasteiger partial charge is 0.383 e. The molecule has 0 spiro atoms. The molecule has 0 bridgehead atoms. The van der Waals surface area contributed by atoms with Gasteiger partial charge in [0.15, 0.2) is 0 Å². The Labute approximate surface area is 128 Å². The van der Waals surface area contributed by atoms with Crippen LogP contribution in [0.5, 0.6) is 0 Å². The maximum Gasteiger partial charge on any atom is 0.0640 e. The van der Waals surface area contributed by atoms with E-state index >= 15 is 0 Å². The Balaban J connectivity index is 3.02. The Hall–Kier alpha value is -1.57. The first-order chi connectivity index (χ1) is 10.3. The zero-order valence-corrected chi connectivity index (χ0v) is 13.4. The van der Waals surface area contributed by atoms with Gasteiger partial charge in [-0.3, -0.25) is 0 Å². The Kier molecular flexibility index (Phi) is 8.49. The number of ether oxygens (including phenoxy) is 1. The maximum atomic E-state index is 8.88. The van der Waals surface area contributed by atoms with Crippen molar-refractivity contribution in [3.05, 3.63) is 29.8 Å². The highest BCUT2D eigenvalue weighted by atomic mass is 16.5. The van der Waals surface area contributed by atoms with E-state index in [9.17, 15) is 0 Å². The molecule has 0 aromatic heterocycles. The molecule has 0 amide bonds. The number of hydrogen-bond acceptors (Lipinski definition) is 4. The molecule has 1 aromatic carbocycles. The average molecular weight is 289 g/mol. The van der Waals surface area contributed by atoms with Gasteiger partial charge in [0.05, 0.1) is 19.1 Å². The van der Waals surface area contributed by atoms with Crippen molar-refractivity contribution in [3.8, 4) is 6.07 Å². The third-order valence-electron chi connectivity index (χ3n) is 3.57. The Bertz CT molecular complexity index is 442. The molecular weight excluding hydrogens is 262 g/mol. The van der Waals surface area contributed by atoms with Crippen molar-refractivity contribution in [2.24, 2.45) is 0 Å². The zero-order valence-electron chi connectivity index (χ0n) is 13.4. The van der Waals surface area contributed by atoms with Crippen molar-refractivity contribution >= 4 is 5.69 Å². The Morgan fingerprint density at radius 1 is 1.29 bits per heavy atom. The molecule has 0 aliphatic rings. The molecule has 116 valence electrons. The van der Waals surface area contributed by atoms with Gasteiger partial charge in [-0.05, 0) is 24.6 Å². The molecule has 1 unspecified atom stereocenters. The van der Waals surface area contributed by atoms with E-state index in [-0.39, 0.29) is 0 Å². The van der Waals surface area contributed by atoms with Crippen LogP contribution in [0, 0.1) is 11.3 Å². The lowest BCUT2D eigenvalue weighted by Crippen LogP contribution is -2.31. The van der Waals surface area contributed by atoms with E-state index in [4.69, 9.17) is 10.00 Å². The highest BCUT2D eigenvalue weighted by Gasteiger charge is 2.16. The molecule has 1 N–H and O–H groups in total. The Morgan fingerprint density at radius 2 is 2.05 bits per heavy atom. The molecule has 4 nitrogen and oxygen atoms in total. The molecule has 0 radical (unpaired) electrons. The minimum atomic E-state index is 0.346. The molecule has 0 saturated heterocycles. The summed E-state index contributed by atoms with van der Waals surface area (Å²) in [4.78, 5) is 2.25. The predicted molar refractivity (Wildman–Crippen MR) is 87.5 cm³/mol. The van der Waals surface area contributed by atoms with Crippen molar-refractivity contribution in [3.63, 3.8) is 0 Å². The van der Waals surface area contributed by atoms with Gasteiger partial charge in [0.1, 0.15) is 0 Å². The molecule has 0 fully saturated rings.